The Hall–Kier alpha value is -0.470. The van der Waals surface area contributed by atoms with Crippen molar-refractivity contribution in [1.82, 2.24) is 5.32 Å². The van der Waals surface area contributed by atoms with Crippen molar-refractivity contribution >= 4 is 11.8 Å². The molecule has 0 radical (unpaired) electrons. The number of thioether (sulfide) groups is 1. The molecule has 2 heteroatoms. The van der Waals surface area contributed by atoms with E-state index in [-0.39, 0.29) is 0 Å². The van der Waals surface area contributed by atoms with Gasteiger partial charge in [-0.15, -0.1) is 11.8 Å². The minimum atomic E-state index is 0.449. The van der Waals surface area contributed by atoms with Crippen LogP contribution in [0.15, 0.2) is 29.2 Å². The lowest BCUT2D eigenvalue weighted by Crippen LogP contribution is -2.24. The Kier molecular flexibility index (Phi) is 5.93. The van der Waals surface area contributed by atoms with Crippen LogP contribution >= 0.6 is 11.8 Å². The highest BCUT2D eigenvalue weighted by Crippen LogP contribution is 2.19. The predicted molar refractivity (Wildman–Crippen MR) is 74.1 cm³/mol. The maximum Gasteiger partial charge on any atom is 0.0291 e. The van der Waals surface area contributed by atoms with Gasteiger partial charge in [0.1, 0.15) is 0 Å². The minimum absolute atomic E-state index is 0.449. The SMILES string of the molecule is CCC(C)CNC(C)c1ccc(SC)cc1. The zero-order valence-electron chi connectivity index (χ0n) is 10.8. The lowest BCUT2D eigenvalue weighted by atomic mass is 10.1. The van der Waals surface area contributed by atoms with Crippen LogP contribution in [-0.2, 0) is 0 Å². The van der Waals surface area contributed by atoms with Crippen LogP contribution < -0.4 is 5.32 Å². The first-order valence-electron chi connectivity index (χ1n) is 6.04. The normalized spacial score (nSPS) is 14.8. The number of rotatable bonds is 6. The van der Waals surface area contributed by atoms with Crippen molar-refractivity contribution in [1.29, 1.82) is 0 Å². The fourth-order valence-electron chi connectivity index (χ4n) is 1.53. The third-order valence-corrected chi connectivity index (χ3v) is 3.83. The first kappa shape index (κ1) is 13.6. The van der Waals surface area contributed by atoms with E-state index in [1.54, 1.807) is 11.8 Å². The average Bonchev–Trinajstić information content (AvgIpc) is 2.35. The second kappa shape index (κ2) is 6.97. The summed E-state index contributed by atoms with van der Waals surface area (Å²) in [6.07, 6.45) is 3.35. The molecule has 0 spiro atoms. The van der Waals surface area contributed by atoms with E-state index in [1.165, 1.54) is 16.9 Å². The van der Waals surface area contributed by atoms with E-state index in [9.17, 15) is 0 Å². The molecule has 90 valence electrons. The summed E-state index contributed by atoms with van der Waals surface area (Å²) >= 11 is 1.79. The summed E-state index contributed by atoms with van der Waals surface area (Å²) in [7, 11) is 0. The van der Waals surface area contributed by atoms with E-state index in [2.05, 4.69) is 56.6 Å². The van der Waals surface area contributed by atoms with Crippen LogP contribution in [-0.4, -0.2) is 12.8 Å². The van der Waals surface area contributed by atoms with E-state index in [1.807, 2.05) is 0 Å². The fraction of sp³-hybridized carbons (Fsp3) is 0.571. The van der Waals surface area contributed by atoms with Gasteiger partial charge in [0.05, 0.1) is 0 Å². The zero-order chi connectivity index (χ0) is 12.0. The van der Waals surface area contributed by atoms with Crippen molar-refractivity contribution in [2.45, 2.75) is 38.1 Å². The van der Waals surface area contributed by atoms with Crippen LogP contribution in [0.1, 0.15) is 38.8 Å². The molecular formula is C14H23NS. The molecule has 0 bridgehead atoms. The molecule has 0 aromatic heterocycles. The molecule has 0 aliphatic heterocycles. The quantitative estimate of drug-likeness (QED) is 0.747. The predicted octanol–water partition coefficient (Wildman–Crippen LogP) is 4.11. The van der Waals surface area contributed by atoms with Gasteiger partial charge in [-0.3, -0.25) is 0 Å². The zero-order valence-corrected chi connectivity index (χ0v) is 11.6. The lowest BCUT2D eigenvalue weighted by molar-refractivity contribution is 0.461. The van der Waals surface area contributed by atoms with E-state index in [0.29, 0.717) is 6.04 Å². The summed E-state index contributed by atoms with van der Waals surface area (Å²) < 4.78 is 0. The standard InChI is InChI=1S/C14H23NS/c1-5-11(2)10-15-12(3)13-6-8-14(16-4)9-7-13/h6-9,11-12,15H,5,10H2,1-4H3. The Morgan fingerprint density at radius 3 is 2.31 bits per heavy atom. The summed E-state index contributed by atoms with van der Waals surface area (Å²) in [5.41, 5.74) is 1.38. The van der Waals surface area contributed by atoms with Crippen molar-refractivity contribution in [3.63, 3.8) is 0 Å². The van der Waals surface area contributed by atoms with Gasteiger partial charge in [-0.1, -0.05) is 32.4 Å². The molecule has 0 amide bonds. The molecule has 0 aliphatic carbocycles. The average molecular weight is 237 g/mol. The van der Waals surface area contributed by atoms with Gasteiger partial charge < -0.3 is 5.32 Å². The smallest absolute Gasteiger partial charge is 0.0291 e. The number of benzene rings is 1. The molecule has 0 saturated heterocycles. The topological polar surface area (TPSA) is 12.0 Å². The molecule has 2 atom stereocenters. The summed E-state index contributed by atoms with van der Waals surface area (Å²) in [4.78, 5) is 1.33. The first-order chi connectivity index (χ1) is 7.67. The molecule has 0 fully saturated rings. The molecule has 1 nitrogen and oxygen atoms in total. The van der Waals surface area contributed by atoms with Crippen LogP contribution in [0.2, 0.25) is 0 Å². The van der Waals surface area contributed by atoms with Gasteiger partial charge in [0, 0.05) is 10.9 Å². The molecule has 0 aliphatic rings. The molecule has 16 heavy (non-hydrogen) atoms. The largest absolute Gasteiger partial charge is 0.310 e. The highest BCUT2D eigenvalue weighted by Gasteiger charge is 2.06. The molecular weight excluding hydrogens is 214 g/mol. The van der Waals surface area contributed by atoms with Crippen molar-refractivity contribution in [2.24, 2.45) is 5.92 Å². The molecule has 1 N–H and O–H groups in total. The van der Waals surface area contributed by atoms with Crippen LogP contribution in [0.5, 0.6) is 0 Å². The Labute approximate surface area is 104 Å². The molecule has 1 aromatic rings. The third kappa shape index (κ3) is 4.18. The monoisotopic (exact) mass is 237 g/mol. The Bertz CT molecular complexity index is 294. The van der Waals surface area contributed by atoms with E-state index in [0.717, 1.165) is 12.5 Å². The fourth-order valence-corrected chi connectivity index (χ4v) is 1.94. The number of hydrogen-bond donors (Lipinski definition) is 1. The van der Waals surface area contributed by atoms with Crippen LogP contribution in [0.4, 0.5) is 0 Å². The highest BCUT2D eigenvalue weighted by molar-refractivity contribution is 7.98. The Morgan fingerprint density at radius 1 is 1.19 bits per heavy atom. The molecule has 1 aromatic carbocycles. The summed E-state index contributed by atoms with van der Waals surface area (Å²) in [6.45, 7) is 7.86. The first-order valence-corrected chi connectivity index (χ1v) is 7.27. The maximum absolute atomic E-state index is 3.58. The van der Waals surface area contributed by atoms with Crippen molar-refractivity contribution in [3.05, 3.63) is 29.8 Å². The minimum Gasteiger partial charge on any atom is -0.310 e. The van der Waals surface area contributed by atoms with Gasteiger partial charge in [0.15, 0.2) is 0 Å². The Morgan fingerprint density at radius 2 is 1.81 bits per heavy atom. The van der Waals surface area contributed by atoms with Gasteiger partial charge in [-0.05, 0) is 43.3 Å². The van der Waals surface area contributed by atoms with E-state index >= 15 is 0 Å². The third-order valence-electron chi connectivity index (χ3n) is 3.09. The van der Waals surface area contributed by atoms with E-state index < -0.39 is 0 Å². The molecule has 2 unspecified atom stereocenters. The number of hydrogen-bond acceptors (Lipinski definition) is 2. The second-order valence-electron chi connectivity index (χ2n) is 4.42. The van der Waals surface area contributed by atoms with Gasteiger partial charge in [-0.2, -0.15) is 0 Å². The van der Waals surface area contributed by atoms with Gasteiger partial charge in [-0.25, -0.2) is 0 Å². The maximum atomic E-state index is 3.58. The van der Waals surface area contributed by atoms with Crippen molar-refractivity contribution < 1.29 is 0 Å². The highest BCUT2D eigenvalue weighted by atomic mass is 32.2. The summed E-state index contributed by atoms with van der Waals surface area (Å²) in [6, 6.07) is 9.29. The summed E-state index contributed by atoms with van der Waals surface area (Å²) in [5, 5.41) is 3.58. The van der Waals surface area contributed by atoms with E-state index in [4.69, 9.17) is 0 Å². The molecule has 0 heterocycles. The molecule has 0 saturated carbocycles. The van der Waals surface area contributed by atoms with Crippen molar-refractivity contribution in [3.8, 4) is 0 Å². The second-order valence-corrected chi connectivity index (χ2v) is 5.30. The van der Waals surface area contributed by atoms with Gasteiger partial charge in [0.25, 0.3) is 0 Å². The van der Waals surface area contributed by atoms with Crippen LogP contribution in [0.25, 0.3) is 0 Å². The summed E-state index contributed by atoms with van der Waals surface area (Å²) in [5.74, 6) is 0.757. The van der Waals surface area contributed by atoms with Crippen LogP contribution in [0, 0.1) is 5.92 Å². The van der Waals surface area contributed by atoms with Gasteiger partial charge in [0.2, 0.25) is 0 Å². The van der Waals surface area contributed by atoms with Crippen molar-refractivity contribution in [2.75, 3.05) is 12.8 Å². The van der Waals surface area contributed by atoms with Gasteiger partial charge >= 0.3 is 0 Å². The molecule has 1 rings (SSSR count). The Balaban J connectivity index is 2.49. The lowest BCUT2D eigenvalue weighted by Gasteiger charge is -2.17. The number of nitrogens with one attached hydrogen (secondary N) is 1. The van der Waals surface area contributed by atoms with Crippen LogP contribution in [0.3, 0.4) is 0 Å².